The maximum atomic E-state index is 14.0. The minimum absolute atomic E-state index is 0.0460. The molecule has 4 rings (SSSR count). The highest BCUT2D eigenvalue weighted by Crippen LogP contribution is 2.48. The molecule has 0 radical (unpaired) electrons. The van der Waals surface area contributed by atoms with Crippen LogP contribution in [0.25, 0.3) is 0 Å². The summed E-state index contributed by atoms with van der Waals surface area (Å²) in [6.07, 6.45) is 2.02. The number of likely N-dealkylation sites (tertiary alicyclic amines) is 1. The number of piperidine rings is 1. The smallest absolute Gasteiger partial charge is 0.416 e. The van der Waals surface area contributed by atoms with Crippen molar-refractivity contribution >= 4 is 11.9 Å². The van der Waals surface area contributed by atoms with Crippen molar-refractivity contribution in [2.75, 3.05) is 26.7 Å². The molecule has 1 aromatic rings. The number of alkyl halides is 3. The van der Waals surface area contributed by atoms with Crippen LogP contribution in [-0.4, -0.2) is 54.5 Å². The molecule has 0 aromatic heterocycles. The van der Waals surface area contributed by atoms with Crippen LogP contribution in [0.2, 0.25) is 0 Å². The number of halogens is 3. The molecular formula is C26H35F3N2O3. The first kappa shape index (κ1) is 25.0. The molecule has 5 nitrogen and oxygen atoms in total. The van der Waals surface area contributed by atoms with E-state index >= 15 is 0 Å². The standard InChI is InChI=1S/C26H35F3N2O3/c1-17(2)25(9-7-20(15-25)30-10-5-4-6-11-30)24(33)31-12-8-21-18(16-31)13-19(26(27,28)29)14-22(21)23(32)34-3/h13-14,17,20H,4-12,15-16H2,1-3H3/t20-,25+/m1/s1. The van der Waals surface area contributed by atoms with Crippen molar-refractivity contribution in [3.8, 4) is 0 Å². The van der Waals surface area contributed by atoms with Crippen LogP contribution in [0.15, 0.2) is 12.1 Å². The number of ether oxygens (including phenoxy) is 1. The number of hydrogen-bond acceptors (Lipinski definition) is 4. The summed E-state index contributed by atoms with van der Waals surface area (Å²) < 4.78 is 45.4. The van der Waals surface area contributed by atoms with E-state index in [0.717, 1.165) is 44.5 Å². The van der Waals surface area contributed by atoms with Gasteiger partial charge in [0.25, 0.3) is 0 Å². The van der Waals surface area contributed by atoms with E-state index in [9.17, 15) is 22.8 Å². The quantitative estimate of drug-likeness (QED) is 0.566. The topological polar surface area (TPSA) is 49.9 Å². The highest BCUT2D eigenvalue weighted by molar-refractivity contribution is 5.92. The van der Waals surface area contributed by atoms with Gasteiger partial charge in [-0.3, -0.25) is 4.79 Å². The van der Waals surface area contributed by atoms with Crippen molar-refractivity contribution in [2.24, 2.45) is 11.3 Å². The third-order valence-electron chi connectivity index (χ3n) is 8.32. The molecule has 2 atom stereocenters. The SMILES string of the molecule is COC(=O)c1cc(C(F)(F)F)cc2c1CCN(C(=O)[C@@]1(C(C)C)CC[C@@H](N3CCCCC3)C1)C2. The molecule has 2 fully saturated rings. The Morgan fingerprint density at radius 3 is 2.44 bits per heavy atom. The van der Waals surface area contributed by atoms with Gasteiger partial charge < -0.3 is 14.5 Å². The van der Waals surface area contributed by atoms with E-state index in [-0.39, 0.29) is 23.9 Å². The molecule has 1 saturated carbocycles. The molecule has 8 heteroatoms. The van der Waals surface area contributed by atoms with Crippen molar-refractivity contribution in [2.45, 2.75) is 77.6 Å². The van der Waals surface area contributed by atoms with Crippen molar-refractivity contribution in [1.82, 2.24) is 9.80 Å². The number of nitrogens with zero attached hydrogens (tertiary/aromatic N) is 2. The normalized spacial score (nSPS) is 26.0. The van der Waals surface area contributed by atoms with Crippen LogP contribution >= 0.6 is 0 Å². The molecule has 1 amide bonds. The maximum Gasteiger partial charge on any atom is 0.416 e. The first-order chi connectivity index (χ1) is 16.1. The van der Waals surface area contributed by atoms with Crippen molar-refractivity contribution in [1.29, 1.82) is 0 Å². The second-order valence-corrected chi connectivity index (χ2v) is 10.4. The predicted octanol–water partition coefficient (Wildman–Crippen LogP) is 5.06. The van der Waals surface area contributed by atoms with E-state index in [1.807, 2.05) is 0 Å². The second-order valence-electron chi connectivity index (χ2n) is 10.4. The van der Waals surface area contributed by atoms with Crippen LogP contribution in [-0.2, 0) is 28.7 Å². The van der Waals surface area contributed by atoms with E-state index in [1.165, 1.54) is 26.4 Å². The molecule has 34 heavy (non-hydrogen) atoms. The Kier molecular flexibility index (Phi) is 7.00. The number of fused-ring (bicyclic) bond motifs is 1. The minimum atomic E-state index is -4.59. The number of esters is 1. The molecule has 188 valence electrons. The number of amides is 1. The monoisotopic (exact) mass is 480 g/mol. The largest absolute Gasteiger partial charge is 0.465 e. The Bertz CT molecular complexity index is 940. The first-order valence-corrected chi connectivity index (χ1v) is 12.4. The lowest BCUT2D eigenvalue weighted by atomic mass is 9.73. The highest BCUT2D eigenvalue weighted by Gasteiger charge is 2.50. The summed E-state index contributed by atoms with van der Waals surface area (Å²) in [6, 6.07) is 2.36. The van der Waals surface area contributed by atoms with Crippen molar-refractivity contribution < 1.29 is 27.5 Å². The van der Waals surface area contributed by atoms with Gasteiger partial charge in [-0.15, -0.1) is 0 Å². The molecule has 0 spiro atoms. The molecule has 0 N–H and O–H groups in total. The summed E-state index contributed by atoms with van der Waals surface area (Å²) in [6.45, 7) is 6.83. The lowest BCUT2D eigenvalue weighted by molar-refractivity contribution is -0.146. The zero-order valence-electron chi connectivity index (χ0n) is 20.3. The zero-order valence-corrected chi connectivity index (χ0v) is 20.3. The molecule has 1 aliphatic carbocycles. The van der Waals surface area contributed by atoms with Gasteiger partial charge in [-0.2, -0.15) is 13.2 Å². The lowest BCUT2D eigenvalue weighted by Crippen LogP contribution is -2.49. The maximum absolute atomic E-state index is 14.0. The van der Waals surface area contributed by atoms with Crippen molar-refractivity contribution in [3.05, 3.63) is 34.4 Å². The summed E-state index contributed by atoms with van der Waals surface area (Å²) in [5.41, 5.74) is -0.485. The Balaban J connectivity index is 1.60. The van der Waals surface area contributed by atoms with Gasteiger partial charge in [0.15, 0.2) is 0 Å². The number of methoxy groups -OCH3 is 1. The van der Waals surface area contributed by atoms with Crippen LogP contribution in [0.1, 0.15) is 79.4 Å². The van der Waals surface area contributed by atoms with Gasteiger partial charge in [0.1, 0.15) is 0 Å². The lowest BCUT2D eigenvalue weighted by Gasteiger charge is -2.41. The van der Waals surface area contributed by atoms with Crippen LogP contribution in [0.5, 0.6) is 0 Å². The summed E-state index contributed by atoms with van der Waals surface area (Å²) in [5, 5.41) is 0. The Morgan fingerprint density at radius 2 is 1.82 bits per heavy atom. The van der Waals surface area contributed by atoms with Crippen LogP contribution in [0.4, 0.5) is 13.2 Å². The minimum Gasteiger partial charge on any atom is -0.465 e. The molecule has 3 aliphatic rings. The van der Waals surface area contributed by atoms with Gasteiger partial charge in [-0.05, 0) is 80.8 Å². The average Bonchev–Trinajstić information content (AvgIpc) is 3.29. The number of hydrogen-bond donors (Lipinski definition) is 0. The Morgan fingerprint density at radius 1 is 1.12 bits per heavy atom. The van der Waals surface area contributed by atoms with Gasteiger partial charge in [-0.1, -0.05) is 20.3 Å². The Labute approximate surface area is 199 Å². The predicted molar refractivity (Wildman–Crippen MR) is 122 cm³/mol. The van der Waals surface area contributed by atoms with E-state index in [2.05, 4.69) is 18.7 Å². The third-order valence-corrected chi connectivity index (χ3v) is 8.32. The van der Waals surface area contributed by atoms with E-state index in [0.29, 0.717) is 30.1 Å². The van der Waals surface area contributed by atoms with Gasteiger partial charge in [0, 0.05) is 19.1 Å². The third kappa shape index (κ3) is 4.58. The summed E-state index contributed by atoms with van der Waals surface area (Å²) in [4.78, 5) is 30.5. The zero-order chi connectivity index (χ0) is 24.7. The van der Waals surface area contributed by atoms with Crippen LogP contribution < -0.4 is 0 Å². The molecule has 2 aliphatic heterocycles. The number of benzene rings is 1. The molecule has 0 bridgehead atoms. The molecular weight excluding hydrogens is 445 g/mol. The number of carbonyl (C=O) groups is 2. The first-order valence-electron chi connectivity index (χ1n) is 12.4. The van der Waals surface area contributed by atoms with Gasteiger partial charge in [0.05, 0.1) is 23.7 Å². The van der Waals surface area contributed by atoms with E-state index < -0.39 is 23.1 Å². The number of rotatable bonds is 4. The molecule has 1 saturated heterocycles. The van der Waals surface area contributed by atoms with E-state index in [4.69, 9.17) is 4.74 Å². The summed E-state index contributed by atoms with van der Waals surface area (Å²) in [7, 11) is 1.17. The van der Waals surface area contributed by atoms with E-state index in [1.54, 1.807) is 4.90 Å². The number of carbonyl (C=O) groups excluding carboxylic acids is 2. The Hall–Kier alpha value is -2.09. The van der Waals surface area contributed by atoms with Crippen LogP contribution in [0.3, 0.4) is 0 Å². The van der Waals surface area contributed by atoms with Gasteiger partial charge in [-0.25, -0.2) is 4.79 Å². The summed E-state index contributed by atoms with van der Waals surface area (Å²) >= 11 is 0. The van der Waals surface area contributed by atoms with Gasteiger partial charge >= 0.3 is 12.1 Å². The fourth-order valence-corrected chi connectivity index (χ4v) is 6.25. The average molecular weight is 481 g/mol. The van der Waals surface area contributed by atoms with Crippen LogP contribution in [0, 0.1) is 11.3 Å². The second kappa shape index (κ2) is 9.51. The molecule has 0 unspecified atom stereocenters. The summed E-state index contributed by atoms with van der Waals surface area (Å²) in [5.74, 6) is -0.589. The fourth-order valence-electron chi connectivity index (χ4n) is 6.25. The fraction of sp³-hybridized carbons (Fsp3) is 0.692. The molecule has 1 aromatic carbocycles. The van der Waals surface area contributed by atoms with Gasteiger partial charge in [0.2, 0.25) is 5.91 Å². The molecule has 2 heterocycles. The highest BCUT2D eigenvalue weighted by atomic mass is 19.4. The van der Waals surface area contributed by atoms with Crippen molar-refractivity contribution in [3.63, 3.8) is 0 Å².